The first-order chi connectivity index (χ1) is 9.63. The Bertz CT molecular complexity index is 565. The second kappa shape index (κ2) is 6.68. The lowest BCUT2D eigenvalue weighted by Crippen LogP contribution is -2.32. The minimum atomic E-state index is -0.585. The lowest BCUT2D eigenvalue weighted by Gasteiger charge is -2.24. The highest BCUT2D eigenvalue weighted by Gasteiger charge is 2.23. The predicted octanol–water partition coefficient (Wildman–Crippen LogP) is 3.73. The number of rotatable bonds is 5. The molecule has 3 nitrogen and oxygen atoms in total. The Morgan fingerprint density at radius 3 is 2.75 bits per heavy atom. The third-order valence-corrected chi connectivity index (χ3v) is 3.30. The number of pyridine rings is 1. The Kier molecular flexibility index (Phi) is 4.93. The largest absolute Gasteiger partial charge is 0.479 e. The van der Waals surface area contributed by atoms with Gasteiger partial charge in [-0.1, -0.05) is 30.7 Å². The summed E-state index contributed by atoms with van der Waals surface area (Å²) in [6, 6.07) is 9.80. The third kappa shape index (κ3) is 3.26. The van der Waals surface area contributed by atoms with Crippen LogP contribution in [0.3, 0.4) is 0 Å². The number of hydrogen-bond acceptors (Lipinski definition) is 3. The molecule has 0 aliphatic carbocycles. The molecule has 1 aromatic heterocycles. The molecule has 0 radical (unpaired) electrons. The van der Waals surface area contributed by atoms with Crippen LogP contribution in [0, 0.1) is 5.82 Å². The molecule has 0 bridgehead atoms. The van der Waals surface area contributed by atoms with Crippen LogP contribution in [0.5, 0.6) is 5.75 Å². The van der Waals surface area contributed by atoms with Gasteiger partial charge in [-0.15, -0.1) is 0 Å². The van der Waals surface area contributed by atoms with E-state index in [1.165, 1.54) is 12.1 Å². The summed E-state index contributed by atoms with van der Waals surface area (Å²) in [7, 11) is 0. The highest BCUT2D eigenvalue weighted by Crippen LogP contribution is 2.29. The molecule has 1 aromatic carbocycles. The van der Waals surface area contributed by atoms with Crippen molar-refractivity contribution in [3.63, 3.8) is 0 Å². The molecule has 0 aliphatic heterocycles. The van der Waals surface area contributed by atoms with Gasteiger partial charge in [-0.25, -0.2) is 4.39 Å². The molecule has 2 aromatic rings. The molecule has 1 heterocycles. The van der Waals surface area contributed by atoms with E-state index in [-0.39, 0.29) is 16.8 Å². The topological polar surface area (TPSA) is 48.1 Å². The van der Waals surface area contributed by atoms with Crippen molar-refractivity contribution in [1.29, 1.82) is 0 Å². The van der Waals surface area contributed by atoms with Crippen molar-refractivity contribution < 1.29 is 9.13 Å². The van der Waals surface area contributed by atoms with E-state index in [2.05, 4.69) is 4.98 Å². The molecule has 2 unspecified atom stereocenters. The molecule has 2 N–H and O–H groups in total. The van der Waals surface area contributed by atoms with Crippen LogP contribution in [0.2, 0.25) is 5.02 Å². The third-order valence-electron chi connectivity index (χ3n) is 3.01. The molecule has 2 rings (SSSR count). The van der Waals surface area contributed by atoms with Gasteiger partial charge in [-0.3, -0.25) is 4.98 Å². The minimum absolute atomic E-state index is 0.0207. The van der Waals surface area contributed by atoms with Crippen molar-refractivity contribution >= 4 is 11.6 Å². The molecule has 20 heavy (non-hydrogen) atoms. The number of halogens is 2. The molecule has 106 valence electrons. The fraction of sp³-hybridized carbons (Fsp3) is 0.267. The number of benzene rings is 1. The van der Waals surface area contributed by atoms with Crippen molar-refractivity contribution in [2.45, 2.75) is 25.5 Å². The van der Waals surface area contributed by atoms with E-state index in [0.29, 0.717) is 12.1 Å². The van der Waals surface area contributed by atoms with E-state index in [4.69, 9.17) is 22.1 Å². The van der Waals surface area contributed by atoms with Gasteiger partial charge in [-0.2, -0.15) is 0 Å². The van der Waals surface area contributed by atoms with E-state index in [1.54, 1.807) is 18.3 Å². The summed E-state index contributed by atoms with van der Waals surface area (Å²) in [5.41, 5.74) is 6.73. The van der Waals surface area contributed by atoms with Gasteiger partial charge in [0.2, 0.25) is 0 Å². The van der Waals surface area contributed by atoms with Gasteiger partial charge in [0.05, 0.1) is 10.7 Å². The van der Waals surface area contributed by atoms with Crippen LogP contribution in [0.1, 0.15) is 25.1 Å². The molecule has 2 atom stereocenters. The first kappa shape index (κ1) is 14.8. The molecular formula is C15H16ClFN2O. The van der Waals surface area contributed by atoms with Crippen LogP contribution in [-0.4, -0.2) is 11.0 Å². The quantitative estimate of drug-likeness (QED) is 0.914. The number of hydrogen-bond donors (Lipinski definition) is 1. The lowest BCUT2D eigenvalue weighted by molar-refractivity contribution is 0.159. The molecule has 5 heteroatoms. The Balaban J connectivity index is 2.31. The Labute approximate surface area is 122 Å². The summed E-state index contributed by atoms with van der Waals surface area (Å²) in [6.45, 7) is 1.94. The summed E-state index contributed by atoms with van der Waals surface area (Å²) in [5.74, 6) is -0.504. The van der Waals surface area contributed by atoms with Crippen LogP contribution in [0.15, 0.2) is 42.6 Å². The summed E-state index contributed by atoms with van der Waals surface area (Å²) in [4.78, 5) is 4.24. The normalized spacial score (nSPS) is 13.8. The molecular weight excluding hydrogens is 279 g/mol. The molecule has 0 spiro atoms. The number of nitrogens with two attached hydrogens (primary N) is 1. The zero-order chi connectivity index (χ0) is 14.5. The smallest absolute Gasteiger partial charge is 0.183 e. The summed E-state index contributed by atoms with van der Waals surface area (Å²) in [5, 5.41) is 0.0207. The number of ether oxygens (including phenoxy) is 1. The number of nitrogens with zero attached hydrogens (tertiary/aromatic N) is 1. The maximum absolute atomic E-state index is 13.9. The van der Waals surface area contributed by atoms with Crippen molar-refractivity contribution in [3.8, 4) is 5.75 Å². The van der Waals surface area contributed by atoms with E-state index in [9.17, 15) is 4.39 Å². The van der Waals surface area contributed by atoms with Crippen molar-refractivity contribution in [2.75, 3.05) is 0 Å². The van der Waals surface area contributed by atoms with Crippen molar-refractivity contribution in [2.24, 2.45) is 5.73 Å². The van der Waals surface area contributed by atoms with E-state index in [1.807, 2.05) is 19.1 Å². The molecule has 0 fully saturated rings. The zero-order valence-electron chi connectivity index (χ0n) is 11.1. The van der Waals surface area contributed by atoms with Gasteiger partial charge >= 0.3 is 0 Å². The van der Waals surface area contributed by atoms with Crippen LogP contribution < -0.4 is 10.5 Å². The van der Waals surface area contributed by atoms with E-state index in [0.717, 1.165) is 0 Å². The summed E-state index contributed by atoms with van der Waals surface area (Å²) >= 11 is 5.75. The minimum Gasteiger partial charge on any atom is -0.479 e. The van der Waals surface area contributed by atoms with Gasteiger partial charge in [-0.05, 0) is 30.7 Å². The van der Waals surface area contributed by atoms with Crippen molar-refractivity contribution in [3.05, 3.63) is 59.1 Å². The molecule has 0 amide bonds. The highest BCUT2D eigenvalue weighted by atomic mass is 35.5. The van der Waals surface area contributed by atoms with Crippen LogP contribution in [0.4, 0.5) is 4.39 Å². The lowest BCUT2D eigenvalue weighted by atomic mass is 10.1. The standard InChI is InChI=1S/C15H16ClFN2O/c1-2-11(18)15(12-7-3-4-9-19-12)20-13-8-5-6-10(16)14(13)17/h3-9,11,15H,2,18H2,1H3. The second-order valence-corrected chi connectivity index (χ2v) is 4.82. The van der Waals surface area contributed by atoms with Gasteiger partial charge < -0.3 is 10.5 Å². The Morgan fingerprint density at radius 2 is 2.10 bits per heavy atom. The average Bonchev–Trinajstić information content (AvgIpc) is 2.49. The number of aromatic nitrogens is 1. The van der Waals surface area contributed by atoms with Gasteiger partial charge in [0, 0.05) is 12.2 Å². The van der Waals surface area contributed by atoms with Gasteiger partial charge in [0.25, 0.3) is 0 Å². The van der Waals surface area contributed by atoms with Crippen molar-refractivity contribution in [1.82, 2.24) is 4.98 Å². The Hall–Kier alpha value is -1.65. The molecule has 0 saturated heterocycles. The Morgan fingerprint density at radius 1 is 1.30 bits per heavy atom. The fourth-order valence-corrected chi connectivity index (χ4v) is 2.00. The predicted molar refractivity (Wildman–Crippen MR) is 77.3 cm³/mol. The molecule has 0 saturated carbocycles. The zero-order valence-corrected chi connectivity index (χ0v) is 11.8. The first-order valence-electron chi connectivity index (χ1n) is 6.40. The van der Waals surface area contributed by atoms with Crippen LogP contribution in [-0.2, 0) is 0 Å². The molecule has 0 aliphatic rings. The average molecular weight is 295 g/mol. The van der Waals surface area contributed by atoms with Crippen LogP contribution in [0.25, 0.3) is 0 Å². The van der Waals surface area contributed by atoms with Gasteiger partial charge in [0.15, 0.2) is 17.7 Å². The monoisotopic (exact) mass is 294 g/mol. The maximum Gasteiger partial charge on any atom is 0.183 e. The fourth-order valence-electron chi connectivity index (χ4n) is 1.84. The van der Waals surface area contributed by atoms with Crippen LogP contribution >= 0.6 is 11.6 Å². The van der Waals surface area contributed by atoms with Gasteiger partial charge in [0.1, 0.15) is 0 Å². The van der Waals surface area contributed by atoms with E-state index < -0.39 is 11.9 Å². The second-order valence-electron chi connectivity index (χ2n) is 4.42. The maximum atomic E-state index is 13.9. The summed E-state index contributed by atoms with van der Waals surface area (Å²) < 4.78 is 19.6. The first-order valence-corrected chi connectivity index (χ1v) is 6.78. The highest BCUT2D eigenvalue weighted by molar-refractivity contribution is 6.30. The summed E-state index contributed by atoms with van der Waals surface area (Å²) in [6.07, 6.45) is 1.82. The SMILES string of the molecule is CCC(N)C(Oc1cccc(Cl)c1F)c1ccccn1. The van der Waals surface area contributed by atoms with E-state index >= 15 is 0 Å².